The Morgan fingerprint density at radius 3 is 3.31 bits per heavy atom. The summed E-state index contributed by atoms with van der Waals surface area (Å²) >= 11 is 7.00. The first-order valence-corrected chi connectivity index (χ1v) is 6.43. The Morgan fingerprint density at radius 2 is 2.50 bits per heavy atom. The number of nitrogens with one attached hydrogen (secondary N) is 1. The van der Waals surface area contributed by atoms with Crippen LogP contribution in [0, 0.1) is 17.1 Å². The molecule has 0 radical (unpaired) electrons. The van der Waals surface area contributed by atoms with Gasteiger partial charge in [0.1, 0.15) is 0 Å². The minimum absolute atomic E-state index is 0.740. The smallest absolute Gasteiger partial charge is 0.178 e. The zero-order valence-electron chi connectivity index (χ0n) is 8.64. The van der Waals surface area contributed by atoms with Crippen molar-refractivity contribution in [2.45, 2.75) is 6.54 Å². The van der Waals surface area contributed by atoms with Crippen molar-refractivity contribution in [3.05, 3.63) is 23.2 Å². The number of H-pyrrole nitrogens is 1. The predicted molar refractivity (Wildman–Crippen MR) is 71.1 cm³/mol. The van der Waals surface area contributed by atoms with Gasteiger partial charge in [-0.05, 0) is 18.3 Å². The van der Waals surface area contributed by atoms with Gasteiger partial charge < -0.3 is 9.55 Å². The average Bonchev–Trinajstić information content (AvgIpc) is 2.61. The molecule has 0 spiro atoms. The fraction of sp³-hybridized carbons (Fsp3) is 0.273. The van der Waals surface area contributed by atoms with Crippen molar-refractivity contribution in [3.63, 3.8) is 0 Å². The van der Waals surface area contributed by atoms with Gasteiger partial charge in [-0.3, -0.25) is 4.98 Å². The van der Waals surface area contributed by atoms with Crippen molar-refractivity contribution in [2.24, 2.45) is 0 Å². The molecule has 2 heterocycles. The molecule has 0 saturated carbocycles. The standard InChI is InChI=1S/C11H11N3S2/c1-2-6-16-7-5-14-10-3-4-12-8-9(10)13-11(14)15/h1,3-4,8H,5-7H2,(H,13,15). The monoisotopic (exact) mass is 249 g/mol. The molecule has 0 aliphatic heterocycles. The first-order valence-electron chi connectivity index (χ1n) is 4.86. The summed E-state index contributed by atoms with van der Waals surface area (Å²) in [7, 11) is 0. The molecule has 0 saturated heterocycles. The molecular weight excluding hydrogens is 238 g/mol. The number of fused-ring (bicyclic) bond motifs is 1. The Bertz CT molecular complexity index is 577. The summed E-state index contributed by atoms with van der Waals surface area (Å²) in [6.07, 6.45) is 8.76. The Balaban J connectivity index is 2.20. The number of aryl methyl sites for hydroxylation is 1. The number of aromatic amines is 1. The van der Waals surface area contributed by atoms with E-state index in [4.69, 9.17) is 18.6 Å². The maximum Gasteiger partial charge on any atom is 0.178 e. The van der Waals surface area contributed by atoms with Gasteiger partial charge in [0.2, 0.25) is 0 Å². The van der Waals surface area contributed by atoms with E-state index in [0.717, 1.165) is 33.9 Å². The third-order valence-electron chi connectivity index (χ3n) is 2.22. The quantitative estimate of drug-likeness (QED) is 0.513. The second kappa shape index (κ2) is 5.19. The highest BCUT2D eigenvalue weighted by atomic mass is 32.2. The molecule has 5 heteroatoms. The van der Waals surface area contributed by atoms with Crippen LogP contribution in [0.25, 0.3) is 11.0 Å². The zero-order valence-corrected chi connectivity index (χ0v) is 10.3. The van der Waals surface area contributed by atoms with Crippen molar-refractivity contribution in [2.75, 3.05) is 11.5 Å². The summed E-state index contributed by atoms with van der Waals surface area (Å²) in [5.74, 6) is 4.32. The van der Waals surface area contributed by atoms with Crippen LogP contribution in [0.15, 0.2) is 18.5 Å². The molecular formula is C11H11N3S2. The van der Waals surface area contributed by atoms with E-state index >= 15 is 0 Å². The maximum absolute atomic E-state index is 5.26. The summed E-state index contributed by atoms with van der Waals surface area (Å²) in [6, 6.07) is 1.97. The van der Waals surface area contributed by atoms with E-state index in [2.05, 4.69) is 20.5 Å². The van der Waals surface area contributed by atoms with Gasteiger partial charge >= 0.3 is 0 Å². The van der Waals surface area contributed by atoms with Crippen LogP contribution in [0.1, 0.15) is 0 Å². The van der Waals surface area contributed by atoms with Crippen LogP contribution in [0.5, 0.6) is 0 Å². The second-order valence-electron chi connectivity index (χ2n) is 3.23. The van der Waals surface area contributed by atoms with Crippen LogP contribution < -0.4 is 0 Å². The Morgan fingerprint density at radius 1 is 1.62 bits per heavy atom. The van der Waals surface area contributed by atoms with E-state index in [0.29, 0.717) is 0 Å². The molecule has 0 unspecified atom stereocenters. The second-order valence-corrected chi connectivity index (χ2v) is 4.72. The predicted octanol–water partition coefficient (Wildman–Crippen LogP) is 2.46. The molecule has 2 aromatic rings. The molecule has 0 aliphatic carbocycles. The zero-order chi connectivity index (χ0) is 11.4. The van der Waals surface area contributed by atoms with E-state index in [1.807, 2.05) is 6.07 Å². The first kappa shape index (κ1) is 11.2. The third-order valence-corrected chi connectivity index (χ3v) is 3.38. The molecule has 0 amide bonds. The van der Waals surface area contributed by atoms with E-state index in [-0.39, 0.29) is 0 Å². The fourth-order valence-corrected chi connectivity index (χ4v) is 2.39. The van der Waals surface area contributed by atoms with E-state index in [1.165, 1.54) is 0 Å². The number of aromatic nitrogens is 3. The normalized spacial score (nSPS) is 10.4. The highest BCUT2D eigenvalue weighted by Crippen LogP contribution is 2.13. The van der Waals surface area contributed by atoms with Crippen molar-refractivity contribution in [1.29, 1.82) is 0 Å². The molecule has 2 rings (SSSR count). The highest BCUT2D eigenvalue weighted by Gasteiger charge is 2.02. The largest absolute Gasteiger partial charge is 0.329 e. The lowest BCUT2D eigenvalue weighted by molar-refractivity contribution is 0.783. The molecule has 82 valence electrons. The van der Waals surface area contributed by atoms with Gasteiger partial charge in [-0.2, -0.15) is 0 Å². The van der Waals surface area contributed by atoms with Gasteiger partial charge in [0.25, 0.3) is 0 Å². The van der Waals surface area contributed by atoms with Gasteiger partial charge in [0.15, 0.2) is 4.77 Å². The van der Waals surface area contributed by atoms with Crippen LogP contribution >= 0.6 is 24.0 Å². The fourth-order valence-electron chi connectivity index (χ4n) is 1.52. The molecule has 1 N–H and O–H groups in total. The summed E-state index contributed by atoms with van der Waals surface area (Å²) in [5, 5.41) is 0. The lowest BCUT2D eigenvalue weighted by Crippen LogP contribution is -2.00. The number of imidazole rings is 1. The number of hydrogen-bond acceptors (Lipinski definition) is 3. The number of thioether (sulfide) groups is 1. The molecule has 3 nitrogen and oxygen atoms in total. The molecule has 16 heavy (non-hydrogen) atoms. The van der Waals surface area contributed by atoms with Crippen molar-refractivity contribution in [3.8, 4) is 12.3 Å². The number of nitrogens with zero attached hydrogens (tertiary/aromatic N) is 2. The molecule has 0 atom stereocenters. The van der Waals surface area contributed by atoms with E-state index in [1.54, 1.807) is 24.2 Å². The van der Waals surface area contributed by atoms with Gasteiger partial charge in [0.05, 0.1) is 23.0 Å². The van der Waals surface area contributed by atoms with Gasteiger partial charge in [-0.25, -0.2) is 0 Å². The first-order chi connectivity index (χ1) is 7.83. The van der Waals surface area contributed by atoms with Crippen LogP contribution in [0.3, 0.4) is 0 Å². The lowest BCUT2D eigenvalue weighted by atomic mass is 10.4. The maximum atomic E-state index is 5.26. The van der Waals surface area contributed by atoms with Crippen LogP contribution in [0.2, 0.25) is 0 Å². The van der Waals surface area contributed by atoms with Crippen LogP contribution in [0.4, 0.5) is 0 Å². The highest BCUT2D eigenvalue weighted by molar-refractivity contribution is 7.99. The summed E-state index contributed by atoms with van der Waals surface area (Å²) in [4.78, 5) is 7.19. The lowest BCUT2D eigenvalue weighted by Gasteiger charge is -2.02. The van der Waals surface area contributed by atoms with Crippen LogP contribution in [-0.4, -0.2) is 26.0 Å². The van der Waals surface area contributed by atoms with E-state index in [9.17, 15) is 0 Å². The Hall–Kier alpha value is -1.25. The van der Waals surface area contributed by atoms with Crippen molar-refractivity contribution >= 4 is 35.0 Å². The summed E-state index contributed by atoms with van der Waals surface area (Å²) in [6.45, 7) is 0.870. The number of pyridine rings is 1. The number of hydrogen-bond donors (Lipinski definition) is 1. The summed E-state index contributed by atoms with van der Waals surface area (Å²) in [5.41, 5.74) is 2.08. The van der Waals surface area contributed by atoms with E-state index < -0.39 is 0 Å². The van der Waals surface area contributed by atoms with Crippen molar-refractivity contribution in [1.82, 2.24) is 14.5 Å². The molecule has 0 aromatic carbocycles. The van der Waals surface area contributed by atoms with Crippen molar-refractivity contribution < 1.29 is 0 Å². The summed E-state index contributed by atoms with van der Waals surface area (Å²) < 4.78 is 2.82. The van der Waals surface area contributed by atoms with Gasteiger partial charge in [-0.1, -0.05) is 5.92 Å². The number of rotatable bonds is 4. The average molecular weight is 249 g/mol. The molecule has 0 fully saturated rings. The minimum Gasteiger partial charge on any atom is -0.329 e. The molecule has 0 aliphatic rings. The molecule has 2 aromatic heterocycles. The topological polar surface area (TPSA) is 33.6 Å². The minimum atomic E-state index is 0.740. The van der Waals surface area contributed by atoms with Gasteiger partial charge in [-0.15, -0.1) is 18.2 Å². The number of terminal acetylenes is 1. The van der Waals surface area contributed by atoms with Gasteiger partial charge in [0, 0.05) is 18.5 Å². The van der Waals surface area contributed by atoms with Crippen LogP contribution in [-0.2, 0) is 6.54 Å². The Labute approximate surface area is 103 Å². The SMILES string of the molecule is C#CCSCCn1c(=S)[nH]c2cnccc21. The Kier molecular flexibility index (Phi) is 3.65. The third kappa shape index (κ3) is 2.29. The molecule has 0 bridgehead atoms.